The third-order valence-electron chi connectivity index (χ3n) is 4.51. The monoisotopic (exact) mass is 305 g/mol. The smallest absolute Gasteiger partial charge is 0.293 e. The summed E-state index contributed by atoms with van der Waals surface area (Å²) in [5, 5.41) is 11.3. The summed E-state index contributed by atoms with van der Waals surface area (Å²) in [6.07, 6.45) is 1.99. The summed E-state index contributed by atoms with van der Waals surface area (Å²) in [5.74, 6) is -0.159. The Hall–Kier alpha value is -1.95. The van der Waals surface area contributed by atoms with Crippen LogP contribution in [0.5, 0.6) is 0 Å². The average Bonchev–Trinajstić information content (AvgIpc) is 2.53. The van der Waals surface area contributed by atoms with Crippen molar-refractivity contribution in [2.24, 2.45) is 0 Å². The number of rotatable bonds is 5. The second kappa shape index (κ2) is 6.87. The average molecular weight is 305 g/mol. The van der Waals surface area contributed by atoms with E-state index in [-0.39, 0.29) is 11.5 Å². The summed E-state index contributed by atoms with van der Waals surface area (Å²) in [7, 11) is 1.90. The van der Waals surface area contributed by atoms with Crippen molar-refractivity contribution in [3.05, 3.63) is 33.9 Å². The Labute approximate surface area is 130 Å². The van der Waals surface area contributed by atoms with Crippen LogP contribution in [0, 0.1) is 10.1 Å². The largest absolute Gasteiger partial charge is 0.366 e. The number of piperidine rings is 1. The molecular weight excluding hydrogens is 282 g/mol. The minimum Gasteiger partial charge on any atom is -0.366 e. The maximum atomic E-state index is 11.4. The Kier molecular flexibility index (Phi) is 5.13. The molecule has 0 N–H and O–H groups in total. The van der Waals surface area contributed by atoms with Crippen molar-refractivity contribution in [1.82, 2.24) is 4.90 Å². The molecule has 120 valence electrons. The highest BCUT2D eigenvalue weighted by atomic mass is 16.6. The standard InChI is InChI=1S/C16H23N3O3/c1-4-18-9-7-14(8-10-18)17(3)15-6-5-13(12(2)20)11-16(15)19(21)22/h5-6,11,14H,4,7-10H2,1-3H3. The first-order chi connectivity index (χ1) is 10.4. The van der Waals surface area contributed by atoms with Gasteiger partial charge in [-0.05, 0) is 38.4 Å². The molecule has 1 aliphatic rings. The van der Waals surface area contributed by atoms with E-state index in [0.29, 0.717) is 17.3 Å². The van der Waals surface area contributed by atoms with E-state index in [0.717, 1.165) is 32.5 Å². The van der Waals surface area contributed by atoms with Crippen LogP contribution in [0.15, 0.2) is 18.2 Å². The van der Waals surface area contributed by atoms with Gasteiger partial charge in [0.05, 0.1) is 4.92 Å². The fraction of sp³-hybridized carbons (Fsp3) is 0.562. The van der Waals surface area contributed by atoms with Crippen LogP contribution in [0.25, 0.3) is 0 Å². The molecule has 0 spiro atoms. The van der Waals surface area contributed by atoms with Crippen LogP contribution in [-0.4, -0.2) is 48.3 Å². The van der Waals surface area contributed by atoms with Crippen molar-refractivity contribution in [3.63, 3.8) is 0 Å². The van der Waals surface area contributed by atoms with E-state index in [1.807, 2.05) is 11.9 Å². The molecule has 1 heterocycles. The van der Waals surface area contributed by atoms with E-state index >= 15 is 0 Å². The molecule has 1 saturated heterocycles. The van der Waals surface area contributed by atoms with Crippen LogP contribution >= 0.6 is 0 Å². The zero-order valence-corrected chi connectivity index (χ0v) is 13.4. The molecule has 0 aromatic heterocycles. The number of carbonyl (C=O) groups excluding carboxylic acids is 1. The van der Waals surface area contributed by atoms with Crippen molar-refractivity contribution in [2.45, 2.75) is 32.7 Å². The lowest BCUT2D eigenvalue weighted by Gasteiger charge is -2.37. The molecule has 2 rings (SSSR count). The normalized spacial score (nSPS) is 16.5. The number of carbonyl (C=O) groups is 1. The first-order valence-corrected chi connectivity index (χ1v) is 7.68. The van der Waals surface area contributed by atoms with E-state index in [1.165, 1.54) is 13.0 Å². The van der Waals surface area contributed by atoms with Gasteiger partial charge in [-0.15, -0.1) is 0 Å². The van der Waals surface area contributed by atoms with Gasteiger partial charge in [-0.1, -0.05) is 6.92 Å². The third-order valence-corrected chi connectivity index (χ3v) is 4.51. The predicted octanol–water partition coefficient (Wildman–Crippen LogP) is 2.72. The van der Waals surface area contributed by atoms with E-state index in [1.54, 1.807) is 12.1 Å². The van der Waals surface area contributed by atoms with Crippen LogP contribution in [-0.2, 0) is 0 Å². The van der Waals surface area contributed by atoms with Crippen molar-refractivity contribution < 1.29 is 9.72 Å². The minimum atomic E-state index is -0.403. The van der Waals surface area contributed by atoms with Crippen molar-refractivity contribution >= 4 is 17.2 Å². The lowest BCUT2D eigenvalue weighted by molar-refractivity contribution is -0.384. The van der Waals surface area contributed by atoms with Crippen LogP contribution in [0.4, 0.5) is 11.4 Å². The number of nitro groups is 1. The summed E-state index contributed by atoms with van der Waals surface area (Å²) in [5.41, 5.74) is 0.975. The minimum absolute atomic E-state index is 0.00752. The Morgan fingerprint density at radius 1 is 1.41 bits per heavy atom. The van der Waals surface area contributed by atoms with E-state index in [2.05, 4.69) is 11.8 Å². The van der Waals surface area contributed by atoms with Crippen molar-refractivity contribution in [3.8, 4) is 0 Å². The first-order valence-electron chi connectivity index (χ1n) is 7.68. The van der Waals surface area contributed by atoms with Crippen molar-refractivity contribution in [2.75, 3.05) is 31.6 Å². The molecule has 0 amide bonds. The van der Waals surface area contributed by atoms with E-state index < -0.39 is 4.92 Å². The highest BCUT2D eigenvalue weighted by Crippen LogP contribution is 2.32. The number of nitrogens with zero attached hydrogens (tertiary/aromatic N) is 3. The third kappa shape index (κ3) is 3.44. The fourth-order valence-corrected chi connectivity index (χ4v) is 3.01. The molecule has 0 radical (unpaired) electrons. The fourth-order valence-electron chi connectivity index (χ4n) is 3.01. The molecule has 22 heavy (non-hydrogen) atoms. The first kappa shape index (κ1) is 16.4. The molecule has 1 aliphatic heterocycles. The highest BCUT2D eigenvalue weighted by molar-refractivity contribution is 5.95. The molecule has 0 bridgehead atoms. The molecule has 1 aromatic carbocycles. The lowest BCUT2D eigenvalue weighted by Crippen LogP contribution is -2.43. The molecular formula is C16H23N3O3. The topological polar surface area (TPSA) is 66.7 Å². The molecule has 0 aliphatic carbocycles. The van der Waals surface area contributed by atoms with Gasteiger partial charge in [-0.2, -0.15) is 0 Å². The number of hydrogen-bond donors (Lipinski definition) is 0. The van der Waals surface area contributed by atoms with Gasteiger partial charge in [0, 0.05) is 37.8 Å². The maximum absolute atomic E-state index is 11.4. The summed E-state index contributed by atoms with van der Waals surface area (Å²) in [6.45, 7) is 6.65. The summed E-state index contributed by atoms with van der Waals surface area (Å²) < 4.78 is 0. The highest BCUT2D eigenvalue weighted by Gasteiger charge is 2.26. The zero-order chi connectivity index (χ0) is 16.3. The quantitative estimate of drug-likeness (QED) is 0.475. The SMILES string of the molecule is CCN1CCC(N(C)c2ccc(C(C)=O)cc2[N+](=O)[O-])CC1. The summed E-state index contributed by atoms with van der Waals surface area (Å²) in [4.78, 5) is 26.8. The summed E-state index contributed by atoms with van der Waals surface area (Å²) in [6, 6.07) is 5.04. The van der Waals surface area contributed by atoms with Crippen LogP contribution in [0.1, 0.15) is 37.0 Å². The predicted molar refractivity (Wildman–Crippen MR) is 86.6 cm³/mol. The van der Waals surface area contributed by atoms with Gasteiger partial charge in [0.2, 0.25) is 0 Å². The second-order valence-electron chi connectivity index (χ2n) is 5.79. The maximum Gasteiger partial charge on any atom is 0.293 e. The van der Waals surface area contributed by atoms with Crippen LogP contribution in [0.3, 0.4) is 0 Å². The molecule has 0 unspecified atom stereocenters. The number of Topliss-reactive ketones (excluding diaryl/α,β-unsaturated/α-hetero) is 1. The van der Waals surface area contributed by atoms with Gasteiger partial charge in [0.25, 0.3) is 5.69 Å². The molecule has 0 atom stereocenters. The zero-order valence-electron chi connectivity index (χ0n) is 13.4. The number of hydrogen-bond acceptors (Lipinski definition) is 5. The molecule has 6 heteroatoms. The Bertz CT molecular complexity index is 566. The molecule has 6 nitrogen and oxygen atoms in total. The Morgan fingerprint density at radius 3 is 2.55 bits per heavy atom. The van der Waals surface area contributed by atoms with Gasteiger partial charge < -0.3 is 9.80 Å². The van der Waals surface area contributed by atoms with Gasteiger partial charge in [-0.3, -0.25) is 14.9 Å². The van der Waals surface area contributed by atoms with Crippen LogP contribution < -0.4 is 4.90 Å². The van der Waals surface area contributed by atoms with Gasteiger partial charge >= 0.3 is 0 Å². The number of benzene rings is 1. The Morgan fingerprint density at radius 2 is 2.05 bits per heavy atom. The van der Waals surface area contributed by atoms with Crippen LogP contribution in [0.2, 0.25) is 0 Å². The number of likely N-dealkylation sites (tertiary alicyclic amines) is 1. The van der Waals surface area contributed by atoms with Gasteiger partial charge in [-0.25, -0.2) is 0 Å². The molecule has 1 aromatic rings. The number of anilines is 1. The van der Waals surface area contributed by atoms with Gasteiger partial charge in [0.15, 0.2) is 5.78 Å². The van der Waals surface area contributed by atoms with E-state index in [4.69, 9.17) is 0 Å². The second-order valence-corrected chi connectivity index (χ2v) is 5.79. The number of nitro benzene ring substituents is 1. The Balaban J connectivity index is 2.24. The summed E-state index contributed by atoms with van der Waals surface area (Å²) >= 11 is 0. The number of ketones is 1. The van der Waals surface area contributed by atoms with E-state index in [9.17, 15) is 14.9 Å². The van der Waals surface area contributed by atoms with Gasteiger partial charge in [0.1, 0.15) is 5.69 Å². The molecule has 1 fully saturated rings. The lowest BCUT2D eigenvalue weighted by atomic mass is 10.0. The van der Waals surface area contributed by atoms with Crippen molar-refractivity contribution in [1.29, 1.82) is 0 Å². The molecule has 0 saturated carbocycles.